The number of rotatable bonds is 7. The van der Waals surface area contributed by atoms with E-state index >= 15 is 0 Å². The third-order valence-electron chi connectivity index (χ3n) is 2.87. The lowest BCUT2D eigenvalue weighted by Gasteiger charge is -2.10. The fourth-order valence-electron chi connectivity index (χ4n) is 1.85. The molecule has 0 aromatic carbocycles. The molecule has 0 aliphatic heterocycles. The van der Waals surface area contributed by atoms with Crippen molar-refractivity contribution in [3.05, 3.63) is 23.4 Å². The van der Waals surface area contributed by atoms with Crippen molar-refractivity contribution in [1.29, 1.82) is 0 Å². The van der Waals surface area contributed by atoms with E-state index < -0.39 is 5.97 Å². The summed E-state index contributed by atoms with van der Waals surface area (Å²) in [6, 6.07) is 1.72. The molecule has 0 saturated carbocycles. The molecule has 4 nitrogen and oxygen atoms in total. The average molecular weight is 250 g/mol. The van der Waals surface area contributed by atoms with Gasteiger partial charge in [-0.25, -0.2) is 9.78 Å². The summed E-state index contributed by atoms with van der Waals surface area (Å²) >= 11 is 0. The summed E-state index contributed by atoms with van der Waals surface area (Å²) in [5, 5.41) is 12.3. The number of hydrogen-bond acceptors (Lipinski definition) is 3. The second kappa shape index (κ2) is 6.99. The number of unbranched alkanes of at least 4 members (excludes halogenated alkanes) is 1. The number of carboxylic acid groups (broad SMARTS) is 1. The number of anilines is 1. The second-order valence-electron chi connectivity index (χ2n) is 4.97. The highest BCUT2D eigenvalue weighted by Crippen LogP contribution is 2.16. The van der Waals surface area contributed by atoms with Crippen molar-refractivity contribution in [3.63, 3.8) is 0 Å². The number of nitrogens with one attached hydrogen (secondary N) is 1. The van der Waals surface area contributed by atoms with E-state index in [1.165, 1.54) is 6.42 Å². The molecular formula is C14H22N2O2. The van der Waals surface area contributed by atoms with E-state index in [4.69, 9.17) is 5.11 Å². The van der Waals surface area contributed by atoms with Gasteiger partial charge in [-0.05, 0) is 30.9 Å². The highest BCUT2D eigenvalue weighted by atomic mass is 16.4. The molecule has 0 saturated heterocycles. The van der Waals surface area contributed by atoms with E-state index in [1.807, 2.05) is 0 Å². The SMILES string of the molecule is Cc1ccnc(NCCCCC(C)C)c1C(=O)O. The van der Waals surface area contributed by atoms with Gasteiger partial charge in [-0.1, -0.05) is 26.7 Å². The zero-order chi connectivity index (χ0) is 13.5. The van der Waals surface area contributed by atoms with Gasteiger partial charge in [0.1, 0.15) is 11.4 Å². The van der Waals surface area contributed by atoms with Crippen molar-refractivity contribution >= 4 is 11.8 Å². The van der Waals surface area contributed by atoms with Crippen molar-refractivity contribution in [2.45, 2.75) is 40.0 Å². The van der Waals surface area contributed by atoms with Crippen molar-refractivity contribution in [2.24, 2.45) is 5.92 Å². The van der Waals surface area contributed by atoms with Gasteiger partial charge in [-0.15, -0.1) is 0 Å². The van der Waals surface area contributed by atoms with Gasteiger partial charge in [0.2, 0.25) is 0 Å². The van der Waals surface area contributed by atoms with Gasteiger partial charge >= 0.3 is 5.97 Å². The molecule has 0 spiro atoms. The van der Waals surface area contributed by atoms with Gasteiger partial charge in [0, 0.05) is 12.7 Å². The molecule has 1 aromatic heterocycles. The molecule has 0 unspecified atom stereocenters. The molecule has 1 heterocycles. The lowest BCUT2D eigenvalue weighted by molar-refractivity contribution is 0.0697. The summed E-state index contributed by atoms with van der Waals surface area (Å²) in [4.78, 5) is 15.2. The normalized spacial score (nSPS) is 10.7. The predicted molar refractivity (Wildman–Crippen MR) is 73.1 cm³/mol. The third kappa shape index (κ3) is 4.35. The second-order valence-corrected chi connectivity index (χ2v) is 4.97. The summed E-state index contributed by atoms with van der Waals surface area (Å²) in [6.07, 6.45) is 5.03. The molecule has 100 valence electrons. The Balaban J connectivity index is 2.52. The Morgan fingerprint density at radius 1 is 1.44 bits per heavy atom. The van der Waals surface area contributed by atoms with Crippen LogP contribution < -0.4 is 5.32 Å². The molecule has 0 aliphatic carbocycles. The van der Waals surface area contributed by atoms with Crippen LogP contribution in [-0.2, 0) is 0 Å². The fraction of sp³-hybridized carbons (Fsp3) is 0.571. The number of pyridine rings is 1. The highest BCUT2D eigenvalue weighted by Gasteiger charge is 2.13. The van der Waals surface area contributed by atoms with Gasteiger partial charge in [0.25, 0.3) is 0 Å². The van der Waals surface area contributed by atoms with Crippen molar-refractivity contribution in [3.8, 4) is 0 Å². The van der Waals surface area contributed by atoms with Crippen LogP contribution in [0.5, 0.6) is 0 Å². The van der Waals surface area contributed by atoms with Crippen LogP contribution in [-0.4, -0.2) is 22.6 Å². The standard InChI is InChI=1S/C14H22N2O2/c1-10(2)6-4-5-8-15-13-12(14(17)18)11(3)7-9-16-13/h7,9-10H,4-6,8H2,1-3H3,(H,15,16)(H,17,18). The van der Waals surface area contributed by atoms with E-state index in [9.17, 15) is 4.79 Å². The van der Waals surface area contributed by atoms with E-state index in [2.05, 4.69) is 24.1 Å². The molecule has 18 heavy (non-hydrogen) atoms. The number of aromatic carboxylic acids is 1. The van der Waals surface area contributed by atoms with Crippen molar-refractivity contribution in [1.82, 2.24) is 4.98 Å². The zero-order valence-electron chi connectivity index (χ0n) is 11.4. The van der Waals surface area contributed by atoms with E-state index in [-0.39, 0.29) is 5.56 Å². The quantitative estimate of drug-likeness (QED) is 0.729. The van der Waals surface area contributed by atoms with Crippen LogP contribution in [0.1, 0.15) is 49.0 Å². The molecule has 0 radical (unpaired) electrons. The molecule has 0 fully saturated rings. The molecular weight excluding hydrogens is 228 g/mol. The summed E-state index contributed by atoms with van der Waals surface area (Å²) < 4.78 is 0. The summed E-state index contributed by atoms with van der Waals surface area (Å²) in [5.41, 5.74) is 1.02. The van der Waals surface area contributed by atoms with Gasteiger partial charge in [-0.3, -0.25) is 0 Å². The first kappa shape index (κ1) is 14.5. The molecule has 0 bridgehead atoms. The van der Waals surface area contributed by atoms with Crippen LogP contribution in [0.4, 0.5) is 5.82 Å². The maximum Gasteiger partial charge on any atom is 0.339 e. The first-order chi connectivity index (χ1) is 8.52. The predicted octanol–water partition coefficient (Wildman–Crippen LogP) is 3.33. The van der Waals surface area contributed by atoms with E-state index in [1.54, 1.807) is 19.2 Å². The Hall–Kier alpha value is -1.58. The smallest absolute Gasteiger partial charge is 0.339 e. The molecule has 0 aliphatic rings. The molecule has 1 rings (SSSR count). The molecule has 0 amide bonds. The average Bonchev–Trinajstić information content (AvgIpc) is 2.27. The minimum atomic E-state index is -0.926. The van der Waals surface area contributed by atoms with Crippen LogP contribution >= 0.6 is 0 Å². The third-order valence-corrected chi connectivity index (χ3v) is 2.87. The lowest BCUT2D eigenvalue weighted by atomic mass is 10.1. The Morgan fingerprint density at radius 2 is 2.17 bits per heavy atom. The first-order valence-corrected chi connectivity index (χ1v) is 6.45. The molecule has 2 N–H and O–H groups in total. The van der Waals surface area contributed by atoms with Gasteiger partial charge in [0.05, 0.1) is 0 Å². The molecule has 0 atom stereocenters. The van der Waals surface area contributed by atoms with Crippen LogP contribution in [0.15, 0.2) is 12.3 Å². The van der Waals surface area contributed by atoms with Gasteiger partial charge in [0.15, 0.2) is 0 Å². The summed E-state index contributed by atoms with van der Waals surface area (Å²) in [5.74, 6) is 0.272. The number of aryl methyl sites for hydroxylation is 1. The molecule has 4 heteroatoms. The Labute approximate surface area is 108 Å². The van der Waals surface area contributed by atoms with E-state index in [0.29, 0.717) is 5.82 Å². The maximum atomic E-state index is 11.1. The number of hydrogen-bond donors (Lipinski definition) is 2. The topological polar surface area (TPSA) is 62.2 Å². The molecule has 1 aromatic rings. The Kier molecular flexibility index (Phi) is 5.62. The first-order valence-electron chi connectivity index (χ1n) is 6.45. The maximum absolute atomic E-state index is 11.1. The van der Waals surface area contributed by atoms with Gasteiger partial charge in [-0.2, -0.15) is 0 Å². The number of carbonyl (C=O) groups is 1. The zero-order valence-corrected chi connectivity index (χ0v) is 11.4. The minimum Gasteiger partial charge on any atom is -0.478 e. The highest BCUT2D eigenvalue weighted by molar-refractivity contribution is 5.94. The summed E-state index contributed by atoms with van der Waals surface area (Å²) in [6.45, 7) is 6.97. The van der Waals surface area contributed by atoms with Crippen LogP contribution in [0.3, 0.4) is 0 Å². The number of aromatic nitrogens is 1. The van der Waals surface area contributed by atoms with Crippen molar-refractivity contribution < 1.29 is 9.90 Å². The Bertz CT molecular complexity index is 403. The van der Waals surface area contributed by atoms with Crippen LogP contribution in [0.25, 0.3) is 0 Å². The number of carboxylic acids is 1. The van der Waals surface area contributed by atoms with Gasteiger partial charge < -0.3 is 10.4 Å². The largest absolute Gasteiger partial charge is 0.478 e. The van der Waals surface area contributed by atoms with E-state index in [0.717, 1.165) is 30.9 Å². The Morgan fingerprint density at radius 3 is 2.78 bits per heavy atom. The minimum absolute atomic E-state index is 0.279. The summed E-state index contributed by atoms with van der Waals surface area (Å²) in [7, 11) is 0. The van der Waals surface area contributed by atoms with Crippen molar-refractivity contribution in [2.75, 3.05) is 11.9 Å². The van der Waals surface area contributed by atoms with Crippen LogP contribution in [0, 0.1) is 12.8 Å². The number of nitrogens with zero attached hydrogens (tertiary/aromatic N) is 1. The fourth-order valence-corrected chi connectivity index (χ4v) is 1.85. The monoisotopic (exact) mass is 250 g/mol. The van der Waals surface area contributed by atoms with Crippen LogP contribution in [0.2, 0.25) is 0 Å². The lowest BCUT2D eigenvalue weighted by Crippen LogP contribution is -2.11.